The summed E-state index contributed by atoms with van der Waals surface area (Å²) in [6.07, 6.45) is -4.77. The molecule has 2 rings (SSSR count). The van der Waals surface area contributed by atoms with Crippen molar-refractivity contribution in [3.05, 3.63) is 10.5 Å². The molecule has 0 spiro atoms. The highest BCUT2D eigenvalue weighted by atomic mass is 32.1. The highest BCUT2D eigenvalue weighted by Crippen LogP contribution is 2.30. The van der Waals surface area contributed by atoms with E-state index in [1.807, 2.05) is 0 Å². The lowest BCUT2D eigenvalue weighted by atomic mass is 10.1. The van der Waals surface area contributed by atoms with Crippen molar-refractivity contribution in [1.29, 1.82) is 0 Å². The Balaban J connectivity index is 2.25. The summed E-state index contributed by atoms with van der Waals surface area (Å²) in [6, 6.07) is 0. The van der Waals surface area contributed by atoms with Crippen LogP contribution in [0.25, 0.3) is 0 Å². The summed E-state index contributed by atoms with van der Waals surface area (Å²) in [6.45, 7) is 0.781. The summed E-state index contributed by atoms with van der Waals surface area (Å²) in [7, 11) is 0. The Morgan fingerprint density at radius 3 is 2.74 bits per heavy atom. The first-order chi connectivity index (χ1) is 8.93. The first-order valence-electron chi connectivity index (χ1n) is 5.44. The molecular formula is C9H13N3O6S. The molecule has 0 bridgehead atoms. The van der Waals surface area contributed by atoms with Gasteiger partial charge in [0.25, 0.3) is 0 Å². The van der Waals surface area contributed by atoms with Crippen LogP contribution in [0.1, 0.15) is 13.2 Å². The van der Waals surface area contributed by atoms with Crippen LogP contribution in [0, 0.1) is 0 Å². The van der Waals surface area contributed by atoms with E-state index in [4.69, 9.17) is 9.84 Å². The Hall–Kier alpha value is -1.33. The van der Waals surface area contributed by atoms with E-state index in [0.29, 0.717) is 0 Å². The molecule has 0 aliphatic carbocycles. The number of nitrogens with one attached hydrogen (secondary N) is 1. The minimum atomic E-state index is -1.36. The molecule has 0 saturated carbocycles. The molecule has 106 valence electrons. The van der Waals surface area contributed by atoms with Gasteiger partial charge in [-0.2, -0.15) is 4.98 Å². The van der Waals surface area contributed by atoms with Gasteiger partial charge in [-0.25, -0.2) is 8.75 Å². The number of hydrogen-bond donors (Lipinski definition) is 4. The third-order valence-electron chi connectivity index (χ3n) is 2.60. The van der Waals surface area contributed by atoms with Crippen LogP contribution in [0.15, 0.2) is 4.79 Å². The van der Waals surface area contributed by atoms with Crippen LogP contribution in [0.5, 0.6) is 0 Å². The van der Waals surface area contributed by atoms with Gasteiger partial charge in [0.2, 0.25) is 11.0 Å². The second-order valence-electron chi connectivity index (χ2n) is 4.03. The van der Waals surface area contributed by atoms with Gasteiger partial charge in [-0.1, -0.05) is 0 Å². The predicted molar refractivity (Wildman–Crippen MR) is 63.7 cm³/mol. The number of carbonyl (C=O) groups is 1. The first kappa shape index (κ1) is 14.1. The zero-order chi connectivity index (χ0) is 14.2. The number of nitrogens with zero attached hydrogens (tertiary/aromatic N) is 2. The molecule has 9 nitrogen and oxygen atoms in total. The van der Waals surface area contributed by atoms with Crippen molar-refractivity contribution < 1.29 is 24.9 Å². The van der Waals surface area contributed by atoms with E-state index >= 15 is 0 Å². The number of aliphatic hydroxyl groups excluding tert-OH is 3. The fraction of sp³-hybridized carbons (Fsp3) is 0.667. The number of hydrogen-bond acceptors (Lipinski definition) is 8. The van der Waals surface area contributed by atoms with Crippen LogP contribution in [0.2, 0.25) is 0 Å². The Bertz CT molecular complexity index is 528. The monoisotopic (exact) mass is 291 g/mol. The van der Waals surface area contributed by atoms with Crippen molar-refractivity contribution in [2.75, 3.05) is 11.9 Å². The summed E-state index contributed by atoms with van der Waals surface area (Å²) in [4.78, 5) is 26.1. The van der Waals surface area contributed by atoms with E-state index < -0.39 is 36.8 Å². The molecule has 1 aliphatic heterocycles. The summed E-state index contributed by atoms with van der Waals surface area (Å²) in [5.74, 6) is -0.387. The lowest BCUT2D eigenvalue weighted by Crippen LogP contribution is -2.34. The average molecular weight is 291 g/mol. The Morgan fingerprint density at radius 2 is 2.21 bits per heavy atom. The third kappa shape index (κ3) is 2.67. The van der Waals surface area contributed by atoms with Crippen molar-refractivity contribution >= 4 is 22.6 Å². The maximum absolute atomic E-state index is 11.6. The third-order valence-corrected chi connectivity index (χ3v) is 3.53. The van der Waals surface area contributed by atoms with Crippen molar-refractivity contribution in [1.82, 2.24) is 8.94 Å². The number of aromatic nitrogens is 2. The van der Waals surface area contributed by atoms with Crippen LogP contribution >= 0.6 is 11.5 Å². The Labute approximate surface area is 111 Å². The molecule has 4 atom stereocenters. The van der Waals surface area contributed by atoms with E-state index in [1.165, 1.54) is 6.92 Å². The largest absolute Gasteiger partial charge is 0.394 e. The number of ether oxygens (including phenoxy) is 1. The van der Waals surface area contributed by atoms with Crippen LogP contribution in [-0.2, 0) is 9.53 Å². The van der Waals surface area contributed by atoms with Gasteiger partial charge in [0.05, 0.1) is 6.61 Å². The Morgan fingerprint density at radius 1 is 1.53 bits per heavy atom. The summed E-state index contributed by atoms with van der Waals surface area (Å²) in [5.41, 5.74) is -0.719. The highest BCUT2D eigenvalue weighted by molar-refractivity contribution is 7.10. The maximum Gasteiger partial charge on any atom is 0.362 e. The normalized spacial score (nSPS) is 30.5. The second-order valence-corrected chi connectivity index (χ2v) is 4.99. The smallest absolute Gasteiger partial charge is 0.362 e. The predicted octanol–water partition coefficient (Wildman–Crippen LogP) is -2.13. The van der Waals surface area contributed by atoms with E-state index in [-0.39, 0.29) is 11.0 Å². The van der Waals surface area contributed by atoms with Crippen molar-refractivity contribution in [3.8, 4) is 0 Å². The Kier molecular flexibility index (Phi) is 3.96. The van der Waals surface area contributed by atoms with Crippen LogP contribution < -0.4 is 11.0 Å². The fourth-order valence-corrected chi connectivity index (χ4v) is 2.62. The minimum absolute atomic E-state index is 0.0650. The molecule has 19 heavy (non-hydrogen) atoms. The number of aliphatic hydroxyl groups is 3. The molecule has 1 aliphatic rings. The van der Waals surface area contributed by atoms with Gasteiger partial charge in [-0.3, -0.25) is 4.79 Å². The van der Waals surface area contributed by atoms with E-state index in [2.05, 4.69) is 10.3 Å². The number of anilines is 1. The van der Waals surface area contributed by atoms with Gasteiger partial charge < -0.3 is 25.4 Å². The standard InChI is InChI=1S/C9H13N3O6S/c1-3(14)10-8-11-9(17)12(19-8)7-6(16)5(15)4(2-13)18-7/h4-7,13,15-16H,2H2,1H3,(H,10,11,14,17)/t4-,5-,6-,7-/m1/s1. The molecule has 1 aromatic heterocycles. The van der Waals surface area contributed by atoms with Gasteiger partial charge in [0, 0.05) is 6.92 Å². The van der Waals surface area contributed by atoms with Gasteiger partial charge >= 0.3 is 5.69 Å². The molecule has 0 aromatic carbocycles. The SMILES string of the molecule is CC(=O)Nc1nc(=O)n([C@@H]2O[C@H](CO)[C@@H](O)[C@H]2O)s1. The topological polar surface area (TPSA) is 134 Å². The zero-order valence-corrected chi connectivity index (χ0v) is 10.7. The van der Waals surface area contributed by atoms with Crippen molar-refractivity contribution in [3.63, 3.8) is 0 Å². The van der Waals surface area contributed by atoms with Gasteiger partial charge in [0.15, 0.2) is 6.23 Å². The maximum atomic E-state index is 11.6. The molecule has 1 aromatic rings. The molecule has 2 heterocycles. The summed E-state index contributed by atoms with van der Waals surface area (Å²) >= 11 is 0.787. The lowest BCUT2D eigenvalue weighted by Gasteiger charge is -2.13. The molecule has 0 unspecified atom stereocenters. The molecule has 1 amide bonds. The van der Waals surface area contributed by atoms with E-state index in [0.717, 1.165) is 15.5 Å². The average Bonchev–Trinajstić information content (AvgIpc) is 2.81. The molecular weight excluding hydrogens is 278 g/mol. The fourth-order valence-electron chi connectivity index (χ4n) is 1.72. The van der Waals surface area contributed by atoms with Crippen LogP contribution in [0.4, 0.5) is 5.13 Å². The highest BCUT2D eigenvalue weighted by Gasteiger charge is 2.44. The number of rotatable bonds is 3. The van der Waals surface area contributed by atoms with Gasteiger partial charge in [-0.15, -0.1) is 0 Å². The summed E-state index contributed by atoms with van der Waals surface area (Å²) < 4.78 is 6.19. The van der Waals surface area contributed by atoms with Crippen molar-refractivity contribution in [2.45, 2.75) is 31.5 Å². The molecule has 0 radical (unpaired) electrons. The number of amides is 1. The van der Waals surface area contributed by atoms with Gasteiger partial charge in [-0.05, 0) is 11.5 Å². The molecule has 10 heteroatoms. The molecule has 1 fully saturated rings. The first-order valence-corrected chi connectivity index (χ1v) is 6.21. The van der Waals surface area contributed by atoms with Crippen molar-refractivity contribution in [2.24, 2.45) is 0 Å². The second kappa shape index (κ2) is 5.35. The summed E-state index contributed by atoms with van der Waals surface area (Å²) in [5, 5.41) is 30.7. The van der Waals surface area contributed by atoms with E-state index in [9.17, 15) is 19.8 Å². The zero-order valence-electron chi connectivity index (χ0n) is 9.89. The minimum Gasteiger partial charge on any atom is -0.394 e. The van der Waals surface area contributed by atoms with Crippen LogP contribution in [-0.4, -0.2) is 55.1 Å². The molecule has 1 saturated heterocycles. The van der Waals surface area contributed by atoms with Gasteiger partial charge in [0.1, 0.15) is 18.3 Å². The van der Waals surface area contributed by atoms with Crippen LogP contribution in [0.3, 0.4) is 0 Å². The lowest BCUT2D eigenvalue weighted by molar-refractivity contribution is -0.114. The molecule has 4 N–H and O–H groups in total. The quantitative estimate of drug-likeness (QED) is 0.500. The van der Waals surface area contributed by atoms with E-state index in [1.54, 1.807) is 0 Å². The number of carbonyl (C=O) groups excluding carboxylic acids is 1.